The molecular formula is C8H11N3O. The van der Waals surface area contributed by atoms with Crippen LogP contribution in [0.3, 0.4) is 0 Å². The van der Waals surface area contributed by atoms with Gasteiger partial charge >= 0.3 is 0 Å². The monoisotopic (exact) mass is 165 g/mol. The lowest BCUT2D eigenvalue weighted by Gasteiger charge is -2.08. The average molecular weight is 165 g/mol. The summed E-state index contributed by atoms with van der Waals surface area (Å²) in [6, 6.07) is 3.58. The van der Waals surface area contributed by atoms with E-state index in [9.17, 15) is 4.79 Å². The molecule has 0 saturated carbocycles. The van der Waals surface area contributed by atoms with Gasteiger partial charge in [0.1, 0.15) is 0 Å². The zero-order valence-electron chi connectivity index (χ0n) is 6.82. The van der Waals surface area contributed by atoms with Gasteiger partial charge in [0.05, 0.1) is 5.92 Å². The number of carbonyl (C=O) groups excluding carboxylic acids is 1. The Morgan fingerprint density at radius 3 is 2.67 bits per heavy atom. The Balaban J connectivity index is 2.78. The van der Waals surface area contributed by atoms with Crippen molar-refractivity contribution in [2.75, 3.05) is 0 Å². The molecule has 12 heavy (non-hydrogen) atoms. The van der Waals surface area contributed by atoms with Crippen molar-refractivity contribution in [3.63, 3.8) is 0 Å². The minimum atomic E-state index is -0.224. The van der Waals surface area contributed by atoms with Crippen LogP contribution in [0.2, 0.25) is 0 Å². The van der Waals surface area contributed by atoms with E-state index in [1.807, 2.05) is 0 Å². The molecule has 0 bridgehead atoms. The van der Waals surface area contributed by atoms with Gasteiger partial charge in [0.2, 0.25) is 5.91 Å². The van der Waals surface area contributed by atoms with E-state index in [0.717, 1.165) is 5.56 Å². The van der Waals surface area contributed by atoms with Gasteiger partial charge in [0, 0.05) is 12.4 Å². The molecule has 0 aliphatic rings. The van der Waals surface area contributed by atoms with Crippen molar-refractivity contribution in [2.24, 2.45) is 5.84 Å². The zero-order chi connectivity index (χ0) is 8.97. The number of hydrogen-bond donors (Lipinski definition) is 2. The number of pyridine rings is 1. The molecule has 0 saturated heterocycles. The van der Waals surface area contributed by atoms with Gasteiger partial charge < -0.3 is 0 Å². The minimum absolute atomic E-state index is 0.193. The second-order valence-corrected chi connectivity index (χ2v) is 2.51. The Bertz CT molecular complexity index is 260. The van der Waals surface area contributed by atoms with Crippen LogP contribution >= 0.6 is 0 Å². The van der Waals surface area contributed by atoms with Crippen LogP contribution in [0.4, 0.5) is 0 Å². The van der Waals surface area contributed by atoms with E-state index in [0.29, 0.717) is 0 Å². The van der Waals surface area contributed by atoms with E-state index >= 15 is 0 Å². The van der Waals surface area contributed by atoms with E-state index < -0.39 is 0 Å². The lowest BCUT2D eigenvalue weighted by Crippen LogP contribution is -2.33. The predicted octanol–water partition coefficient (Wildman–Crippen LogP) is 0.175. The first-order chi connectivity index (χ1) is 5.75. The van der Waals surface area contributed by atoms with Crippen LogP contribution < -0.4 is 11.3 Å². The standard InChI is InChI=1S/C8H11N3O/c1-6(8(12)11-9)7-2-4-10-5-3-7/h2-6H,9H2,1H3,(H,11,12). The second kappa shape index (κ2) is 3.82. The maximum Gasteiger partial charge on any atom is 0.241 e. The van der Waals surface area contributed by atoms with Gasteiger partial charge in [-0.3, -0.25) is 15.2 Å². The molecule has 4 heteroatoms. The van der Waals surface area contributed by atoms with Crippen LogP contribution in [0.1, 0.15) is 18.4 Å². The highest BCUT2D eigenvalue weighted by atomic mass is 16.2. The quantitative estimate of drug-likeness (QED) is 0.373. The van der Waals surface area contributed by atoms with E-state index in [4.69, 9.17) is 5.84 Å². The number of hydrogen-bond acceptors (Lipinski definition) is 3. The molecule has 1 atom stereocenters. The molecule has 3 N–H and O–H groups in total. The van der Waals surface area contributed by atoms with Gasteiger partial charge in [-0.15, -0.1) is 0 Å². The summed E-state index contributed by atoms with van der Waals surface area (Å²) in [5.41, 5.74) is 3.01. The van der Waals surface area contributed by atoms with Crippen LogP contribution in [0.15, 0.2) is 24.5 Å². The molecule has 0 fully saturated rings. The Morgan fingerprint density at radius 2 is 2.17 bits per heavy atom. The van der Waals surface area contributed by atoms with E-state index in [1.54, 1.807) is 31.5 Å². The molecular weight excluding hydrogens is 154 g/mol. The van der Waals surface area contributed by atoms with Crippen molar-refractivity contribution in [2.45, 2.75) is 12.8 Å². The summed E-state index contributed by atoms with van der Waals surface area (Å²) in [6.45, 7) is 1.79. The summed E-state index contributed by atoms with van der Waals surface area (Å²) < 4.78 is 0. The van der Waals surface area contributed by atoms with Gasteiger partial charge in [-0.2, -0.15) is 0 Å². The highest BCUT2D eigenvalue weighted by molar-refractivity contribution is 5.82. The summed E-state index contributed by atoms with van der Waals surface area (Å²) in [6.07, 6.45) is 3.30. The molecule has 1 rings (SSSR count). The van der Waals surface area contributed by atoms with Crippen molar-refractivity contribution in [3.05, 3.63) is 30.1 Å². The Kier molecular flexibility index (Phi) is 2.76. The number of hydrazine groups is 1. The molecule has 1 aromatic heterocycles. The Hall–Kier alpha value is -1.42. The number of nitrogens with one attached hydrogen (secondary N) is 1. The molecule has 4 nitrogen and oxygen atoms in total. The number of carbonyl (C=O) groups is 1. The molecule has 0 radical (unpaired) electrons. The summed E-state index contributed by atoms with van der Waals surface area (Å²) in [5.74, 6) is 4.58. The summed E-state index contributed by atoms with van der Waals surface area (Å²) in [5, 5.41) is 0. The van der Waals surface area contributed by atoms with Crippen LogP contribution in [-0.2, 0) is 4.79 Å². The topological polar surface area (TPSA) is 68.0 Å². The maximum atomic E-state index is 11.1. The van der Waals surface area contributed by atoms with E-state index in [2.05, 4.69) is 10.4 Å². The Morgan fingerprint density at radius 1 is 1.58 bits per heavy atom. The summed E-state index contributed by atoms with van der Waals surface area (Å²) in [4.78, 5) is 14.9. The van der Waals surface area contributed by atoms with Gasteiger partial charge in [-0.05, 0) is 24.6 Å². The highest BCUT2D eigenvalue weighted by Gasteiger charge is 2.12. The third-order valence-electron chi connectivity index (χ3n) is 1.74. The maximum absolute atomic E-state index is 11.1. The van der Waals surface area contributed by atoms with E-state index in [1.165, 1.54) is 0 Å². The van der Waals surface area contributed by atoms with Crippen LogP contribution in [0.5, 0.6) is 0 Å². The normalized spacial score (nSPS) is 12.2. The molecule has 0 aromatic carbocycles. The molecule has 1 unspecified atom stereocenters. The largest absolute Gasteiger partial charge is 0.294 e. The second-order valence-electron chi connectivity index (χ2n) is 2.51. The highest BCUT2D eigenvalue weighted by Crippen LogP contribution is 2.12. The number of nitrogens with two attached hydrogens (primary N) is 1. The first kappa shape index (κ1) is 8.67. The third kappa shape index (κ3) is 1.79. The summed E-state index contributed by atoms with van der Waals surface area (Å²) in [7, 11) is 0. The van der Waals surface area contributed by atoms with Gasteiger partial charge in [-0.1, -0.05) is 0 Å². The fourth-order valence-electron chi connectivity index (χ4n) is 0.928. The van der Waals surface area contributed by atoms with Crippen molar-refractivity contribution in [1.82, 2.24) is 10.4 Å². The lowest BCUT2D eigenvalue weighted by molar-refractivity contribution is -0.122. The van der Waals surface area contributed by atoms with Crippen LogP contribution in [-0.4, -0.2) is 10.9 Å². The van der Waals surface area contributed by atoms with Gasteiger partial charge in [0.25, 0.3) is 0 Å². The molecule has 1 amide bonds. The van der Waals surface area contributed by atoms with Gasteiger partial charge in [0.15, 0.2) is 0 Å². The Labute approximate surface area is 70.8 Å². The number of aromatic nitrogens is 1. The zero-order valence-corrected chi connectivity index (χ0v) is 6.82. The SMILES string of the molecule is CC(C(=O)NN)c1ccncc1. The molecule has 64 valence electrons. The number of nitrogens with zero attached hydrogens (tertiary/aromatic N) is 1. The smallest absolute Gasteiger partial charge is 0.241 e. The van der Waals surface area contributed by atoms with Crippen molar-refractivity contribution < 1.29 is 4.79 Å². The predicted molar refractivity (Wildman–Crippen MR) is 45.0 cm³/mol. The number of amides is 1. The molecule has 0 aliphatic carbocycles. The molecule has 1 heterocycles. The van der Waals surface area contributed by atoms with Crippen molar-refractivity contribution in [1.29, 1.82) is 0 Å². The summed E-state index contributed by atoms with van der Waals surface area (Å²) >= 11 is 0. The fraction of sp³-hybridized carbons (Fsp3) is 0.250. The van der Waals surface area contributed by atoms with Crippen molar-refractivity contribution >= 4 is 5.91 Å². The first-order valence-corrected chi connectivity index (χ1v) is 3.66. The molecule has 1 aromatic rings. The number of rotatable bonds is 2. The van der Waals surface area contributed by atoms with Crippen LogP contribution in [0, 0.1) is 0 Å². The van der Waals surface area contributed by atoms with Crippen LogP contribution in [0.25, 0.3) is 0 Å². The molecule has 0 aliphatic heterocycles. The first-order valence-electron chi connectivity index (χ1n) is 3.66. The molecule has 0 spiro atoms. The van der Waals surface area contributed by atoms with Gasteiger partial charge in [-0.25, -0.2) is 5.84 Å². The van der Waals surface area contributed by atoms with Crippen molar-refractivity contribution in [3.8, 4) is 0 Å². The minimum Gasteiger partial charge on any atom is -0.294 e. The van der Waals surface area contributed by atoms with E-state index in [-0.39, 0.29) is 11.8 Å². The fourth-order valence-corrected chi connectivity index (χ4v) is 0.928. The average Bonchev–Trinajstić information content (AvgIpc) is 2.17. The third-order valence-corrected chi connectivity index (χ3v) is 1.74. The lowest BCUT2D eigenvalue weighted by atomic mass is 10.0.